The van der Waals surface area contributed by atoms with E-state index >= 15 is 0 Å². The molecule has 7 heteroatoms. The summed E-state index contributed by atoms with van der Waals surface area (Å²) in [4.78, 5) is 22.2. The molecule has 4 heterocycles. The van der Waals surface area contributed by atoms with Crippen LogP contribution in [0.1, 0.15) is 11.4 Å². The average Bonchev–Trinajstić information content (AvgIpc) is 2.72. The summed E-state index contributed by atoms with van der Waals surface area (Å²) in [6, 6.07) is 15.4. The normalized spacial score (nSPS) is 10.6. The van der Waals surface area contributed by atoms with Gasteiger partial charge in [-0.3, -0.25) is 9.97 Å². The van der Waals surface area contributed by atoms with Crippen LogP contribution < -0.4 is 10.6 Å². The summed E-state index contributed by atoms with van der Waals surface area (Å²) >= 11 is 0. The first-order valence-corrected chi connectivity index (χ1v) is 8.29. The number of nitrogens with one attached hydrogen (secondary N) is 2. The van der Waals surface area contributed by atoms with Gasteiger partial charge in [0.15, 0.2) is 17.3 Å². The SMILES string of the molecule is c1ccc(CNc2nc3cccnc3nc2NCc2ccccn2)nc1. The van der Waals surface area contributed by atoms with Crippen LogP contribution in [0.4, 0.5) is 11.6 Å². The molecule has 7 nitrogen and oxygen atoms in total. The second-order valence-corrected chi connectivity index (χ2v) is 5.62. The second kappa shape index (κ2) is 7.52. The summed E-state index contributed by atoms with van der Waals surface area (Å²) < 4.78 is 0. The van der Waals surface area contributed by atoms with Gasteiger partial charge in [-0.05, 0) is 36.4 Å². The van der Waals surface area contributed by atoms with Crippen LogP contribution >= 0.6 is 0 Å². The van der Waals surface area contributed by atoms with Crippen LogP contribution in [-0.2, 0) is 13.1 Å². The van der Waals surface area contributed by atoms with Crippen LogP contribution in [0, 0.1) is 0 Å². The highest BCUT2D eigenvalue weighted by Crippen LogP contribution is 2.21. The lowest BCUT2D eigenvalue weighted by molar-refractivity contribution is 1.00. The van der Waals surface area contributed by atoms with E-state index in [0.717, 1.165) is 16.9 Å². The van der Waals surface area contributed by atoms with Crippen LogP contribution in [0.15, 0.2) is 67.1 Å². The van der Waals surface area contributed by atoms with Crippen LogP contribution in [-0.4, -0.2) is 24.9 Å². The Morgan fingerprint density at radius 3 is 1.85 bits per heavy atom. The molecule has 0 amide bonds. The predicted molar refractivity (Wildman–Crippen MR) is 100 cm³/mol. The van der Waals surface area contributed by atoms with E-state index in [2.05, 4.69) is 35.6 Å². The summed E-state index contributed by atoms with van der Waals surface area (Å²) in [6.45, 7) is 1.10. The van der Waals surface area contributed by atoms with Crippen molar-refractivity contribution in [1.82, 2.24) is 24.9 Å². The maximum absolute atomic E-state index is 4.66. The number of pyridine rings is 3. The molecular formula is C19H17N7. The number of nitrogens with zero attached hydrogens (tertiary/aromatic N) is 5. The van der Waals surface area contributed by atoms with Crippen molar-refractivity contribution in [3.63, 3.8) is 0 Å². The molecule has 0 aromatic carbocycles. The van der Waals surface area contributed by atoms with Crippen molar-refractivity contribution in [3.05, 3.63) is 78.5 Å². The number of hydrogen-bond acceptors (Lipinski definition) is 7. The molecule has 128 valence electrons. The van der Waals surface area contributed by atoms with Gasteiger partial charge in [0.25, 0.3) is 0 Å². The third-order valence-corrected chi connectivity index (χ3v) is 3.77. The molecule has 4 aromatic rings. The van der Waals surface area contributed by atoms with Crippen molar-refractivity contribution in [1.29, 1.82) is 0 Å². The van der Waals surface area contributed by atoms with Gasteiger partial charge in [-0.25, -0.2) is 15.0 Å². The van der Waals surface area contributed by atoms with Gasteiger partial charge < -0.3 is 10.6 Å². The topological polar surface area (TPSA) is 88.5 Å². The van der Waals surface area contributed by atoms with Crippen LogP contribution in [0.3, 0.4) is 0 Å². The molecule has 4 rings (SSSR count). The smallest absolute Gasteiger partial charge is 0.180 e. The minimum atomic E-state index is 0.548. The molecular weight excluding hydrogens is 326 g/mol. The molecule has 0 aliphatic rings. The van der Waals surface area contributed by atoms with Crippen LogP contribution in [0.25, 0.3) is 11.2 Å². The Morgan fingerprint density at radius 2 is 1.23 bits per heavy atom. The van der Waals surface area contributed by atoms with Crippen molar-refractivity contribution in [3.8, 4) is 0 Å². The molecule has 0 spiro atoms. The van der Waals surface area contributed by atoms with E-state index in [1.165, 1.54) is 0 Å². The van der Waals surface area contributed by atoms with E-state index in [1.54, 1.807) is 18.6 Å². The summed E-state index contributed by atoms with van der Waals surface area (Å²) in [5.74, 6) is 1.30. The number of fused-ring (bicyclic) bond motifs is 1. The number of rotatable bonds is 6. The van der Waals surface area contributed by atoms with Crippen molar-refractivity contribution in [2.45, 2.75) is 13.1 Å². The molecule has 0 fully saturated rings. The monoisotopic (exact) mass is 343 g/mol. The Kier molecular flexibility index (Phi) is 4.60. The Labute approximate surface area is 150 Å². The summed E-state index contributed by atoms with van der Waals surface area (Å²) in [5.41, 5.74) is 3.18. The highest BCUT2D eigenvalue weighted by molar-refractivity contribution is 5.76. The summed E-state index contributed by atoms with van der Waals surface area (Å²) in [7, 11) is 0. The van der Waals surface area contributed by atoms with E-state index < -0.39 is 0 Å². The lowest BCUT2D eigenvalue weighted by Gasteiger charge is -2.12. The van der Waals surface area contributed by atoms with Gasteiger partial charge in [0.05, 0.1) is 24.5 Å². The highest BCUT2D eigenvalue weighted by Gasteiger charge is 2.10. The zero-order chi connectivity index (χ0) is 17.6. The minimum Gasteiger partial charge on any atom is -0.361 e. The van der Waals surface area contributed by atoms with E-state index in [-0.39, 0.29) is 0 Å². The van der Waals surface area contributed by atoms with Gasteiger partial charge in [-0.2, -0.15) is 0 Å². The third kappa shape index (κ3) is 3.72. The molecule has 26 heavy (non-hydrogen) atoms. The van der Waals surface area contributed by atoms with E-state index in [9.17, 15) is 0 Å². The van der Waals surface area contributed by atoms with E-state index in [4.69, 9.17) is 0 Å². The molecule has 0 aliphatic carbocycles. The fourth-order valence-electron chi connectivity index (χ4n) is 2.49. The molecule has 4 aromatic heterocycles. The zero-order valence-electron chi connectivity index (χ0n) is 14.0. The number of anilines is 2. The minimum absolute atomic E-state index is 0.548. The number of hydrogen-bond donors (Lipinski definition) is 2. The molecule has 0 radical (unpaired) electrons. The van der Waals surface area contributed by atoms with Gasteiger partial charge in [0.2, 0.25) is 0 Å². The maximum Gasteiger partial charge on any atom is 0.180 e. The van der Waals surface area contributed by atoms with Gasteiger partial charge in [-0.15, -0.1) is 0 Å². The molecule has 2 N–H and O–H groups in total. The largest absolute Gasteiger partial charge is 0.361 e. The second-order valence-electron chi connectivity index (χ2n) is 5.62. The van der Waals surface area contributed by atoms with Gasteiger partial charge in [0, 0.05) is 18.6 Å². The first kappa shape index (κ1) is 15.9. The fraction of sp³-hybridized carbons (Fsp3) is 0.105. The third-order valence-electron chi connectivity index (χ3n) is 3.77. The number of aromatic nitrogens is 5. The molecule has 0 saturated carbocycles. The lowest BCUT2D eigenvalue weighted by Crippen LogP contribution is -2.10. The van der Waals surface area contributed by atoms with Crippen molar-refractivity contribution < 1.29 is 0 Å². The van der Waals surface area contributed by atoms with Crippen molar-refractivity contribution in [2.75, 3.05) is 10.6 Å². The predicted octanol–water partition coefficient (Wildman–Crippen LogP) is 3.04. The Bertz CT molecular complexity index is 908. The Balaban J connectivity index is 1.60. The maximum atomic E-state index is 4.66. The first-order valence-electron chi connectivity index (χ1n) is 8.29. The average molecular weight is 343 g/mol. The molecule has 0 aliphatic heterocycles. The van der Waals surface area contributed by atoms with Crippen LogP contribution in [0.2, 0.25) is 0 Å². The lowest BCUT2D eigenvalue weighted by atomic mass is 10.3. The molecule has 0 unspecified atom stereocenters. The van der Waals surface area contributed by atoms with Crippen molar-refractivity contribution >= 4 is 22.8 Å². The standard InChI is InChI=1S/C19H17N7/c1-3-9-20-14(6-1)12-23-18-19(24-13-15-7-2-4-10-21-15)26-17-16(25-18)8-5-11-22-17/h1-11H,12-13H2,(H,23,25)(H,22,24,26). The van der Waals surface area contributed by atoms with Gasteiger partial charge in [-0.1, -0.05) is 12.1 Å². The molecule has 0 saturated heterocycles. The van der Waals surface area contributed by atoms with Gasteiger partial charge >= 0.3 is 0 Å². The first-order chi connectivity index (χ1) is 12.9. The summed E-state index contributed by atoms with van der Waals surface area (Å²) in [6.07, 6.45) is 5.25. The molecule has 0 bridgehead atoms. The van der Waals surface area contributed by atoms with E-state index in [1.807, 2.05) is 48.5 Å². The quantitative estimate of drug-likeness (QED) is 0.556. The van der Waals surface area contributed by atoms with Crippen molar-refractivity contribution in [2.24, 2.45) is 0 Å². The van der Waals surface area contributed by atoms with E-state index in [0.29, 0.717) is 30.4 Å². The molecule has 0 atom stereocenters. The van der Waals surface area contributed by atoms with Crippen LogP contribution in [0.5, 0.6) is 0 Å². The Morgan fingerprint density at radius 1 is 0.615 bits per heavy atom. The fourth-order valence-corrected chi connectivity index (χ4v) is 2.49. The zero-order valence-corrected chi connectivity index (χ0v) is 14.0. The Hall–Kier alpha value is -3.61. The summed E-state index contributed by atoms with van der Waals surface area (Å²) in [5, 5.41) is 6.61. The highest BCUT2D eigenvalue weighted by atomic mass is 15.1. The van der Waals surface area contributed by atoms with Gasteiger partial charge in [0.1, 0.15) is 5.52 Å².